The summed E-state index contributed by atoms with van der Waals surface area (Å²) in [6.07, 6.45) is 2.23. The van der Waals surface area contributed by atoms with E-state index in [-0.39, 0.29) is 5.41 Å². The molecule has 5 rings (SSSR count). The molecule has 2 heteroatoms. The molecule has 1 heterocycles. The highest BCUT2D eigenvalue weighted by molar-refractivity contribution is 7.10. The van der Waals surface area contributed by atoms with Crippen LogP contribution < -0.4 is 20.1 Å². The minimum atomic E-state index is -2.17. The van der Waals surface area contributed by atoms with Crippen LogP contribution in [-0.2, 0) is 12.5 Å². The lowest BCUT2D eigenvalue weighted by Crippen LogP contribution is -2.64. The molecule has 5 aromatic rings. The fourth-order valence-corrected chi connectivity index (χ4v) is 9.18. The maximum Gasteiger partial charge on any atom is 0.220 e. The smallest absolute Gasteiger partial charge is 0.200 e. The van der Waals surface area contributed by atoms with Crippen LogP contribution in [0.15, 0.2) is 103 Å². The van der Waals surface area contributed by atoms with Gasteiger partial charge in [0.2, 0.25) is 5.69 Å². The van der Waals surface area contributed by atoms with E-state index in [1.807, 2.05) is 0 Å². The summed E-state index contributed by atoms with van der Waals surface area (Å²) < 4.78 is 2.29. The Morgan fingerprint density at radius 2 is 1.27 bits per heavy atom. The Labute approximate surface area is 223 Å². The van der Waals surface area contributed by atoms with Gasteiger partial charge >= 0.3 is 0 Å². The van der Waals surface area contributed by atoms with Crippen molar-refractivity contribution >= 4 is 34.4 Å². The molecule has 0 amide bonds. The zero-order chi connectivity index (χ0) is 26.4. The van der Waals surface area contributed by atoms with Crippen molar-refractivity contribution in [3.8, 4) is 11.3 Å². The van der Waals surface area contributed by atoms with E-state index in [0.717, 1.165) is 0 Å². The molecule has 0 fully saturated rings. The third-order valence-electron chi connectivity index (χ3n) is 8.21. The van der Waals surface area contributed by atoms with Crippen LogP contribution in [0.3, 0.4) is 0 Å². The quantitative estimate of drug-likeness (QED) is 0.154. The number of aryl methyl sites for hydroxylation is 2. The van der Waals surface area contributed by atoms with E-state index in [1.54, 1.807) is 0 Å². The predicted octanol–water partition coefficient (Wildman–Crippen LogP) is 6.35. The largest absolute Gasteiger partial charge is 0.220 e. The van der Waals surface area contributed by atoms with Crippen LogP contribution in [0.4, 0.5) is 0 Å². The zero-order valence-corrected chi connectivity index (χ0v) is 24.3. The van der Waals surface area contributed by atoms with E-state index in [4.69, 9.17) is 0 Å². The van der Waals surface area contributed by atoms with Crippen LogP contribution in [0.1, 0.15) is 37.5 Å². The fourth-order valence-electron chi connectivity index (χ4n) is 5.60. The lowest BCUT2D eigenvalue weighted by atomic mass is 9.83. The zero-order valence-electron chi connectivity index (χ0n) is 23.3. The summed E-state index contributed by atoms with van der Waals surface area (Å²) >= 11 is 0. The molecule has 0 unspecified atom stereocenters. The molecule has 0 atom stereocenters. The number of nitrogens with zero attached hydrogens (tertiary/aromatic N) is 1. The number of benzene rings is 4. The first-order chi connectivity index (χ1) is 17.6. The number of fused-ring (bicyclic) bond motifs is 1. The Balaban J connectivity index is 1.76. The van der Waals surface area contributed by atoms with Gasteiger partial charge in [0, 0.05) is 6.07 Å². The summed E-state index contributed by atoms with van der Waals surface area (Å²) in [4.78, 5) is 0. The molecule has 186 valence electrons. The van der Waals surface area contributed by atoms with Crippen molar-refractivity contribution in [2.75, 3.05) is 0 Å². The lowest BCUT2D eigenvalue weighted by Gasteiger charge is -2.30. The third kappa shape index (κ3) is 4.44. The summed E-state index contributed by atoms with van der Waals surface area (Å²) in [5.41, 5.74) is 6.81. The van der Waals surface area contributed by atoms with Crippen LogP contribution in [0.25, 0.3) is 22.0 Å². The van der Waals surface area contributed by atoms with Gasteiger partial charge in [0.1, 0.15) is 15.1 Å². The molecule has 0 radical (unpaired) electrons. The minimum Gasteiger partial charge on any atom is -0.200 e. The number of pyridine rings is 1. The second-order valence-corrected chi connectivity index (χ2v) is 15.6. The van der Waals surface area contributed by atoms with E-state index in [9.17, 15) is 0 Å². The molecule has 0 aliphatic rings. The first-order valence-corrected chi connectivity index (χ1v) is 15.8. The summed E-state index contributed by atoms with van der Waals surface area (Å²) in [5.74, 6) is 0. The van der Waals surface area contributed by atoms with Crippen molar-refractivity contribution in [1.82, 2.24) is 0 Å². The Kier molecular flexibility index (Phi) is 6.41. The van der Waals surface area contributed by atoms with E-state index >= 15 is 0 Å². The van der Waals surface area contributed by atoms with Crippen molar-refractivity contribution in [2.24, 2.45) is 7.05 Å². The highest BCUT2D eigenvalue weighted by atomic mass is 28.3. The molecule has 4 aromatic carbocycles. The van der Waals surface area contributed by atoms with Gasteiger partial charge in [-0.3, -0.25) is 0 Å². The maximum absolute atomic E-state index is 2.49. The molecule has 0 aliphatic heterocycles. The number of aromatic nitrogens is 1. The second kappa shape index (κ2) is 9.43. The highest BCUT2D eigenvalue weighted by Gasteiger charge is 2.34. The van der Waals surface area contributed by atoms with E-state index in [1.165, 1.54) is 54.3 Å². The summed E-state index contributed by atoms with van der Waals surface area (Å²) in [5, 5.41) is 6.92. The first kappa shape index (κ1) is 25.2. The monoisotopic (exact) mass is 500 g/mol. The topological polar surface area (TPSA) is 3.88 Å². The van der Waals surface area contributed by atoms with E-state index < -0.39 is 8.07 Å². The van der Waals surface area contributed by atoms with Crippen molar-refractivity contribution in [3.05, 3.63) is 120 Å². The van der Waals surface area contributed by atoms with Crippen LogP contribution in [0.5, 0.6) is 0 Å². The van der Waals surface area contributed by atoms with Crippen LogP contribution in [0, 0.1) is 13.8 Å². The average molecular weight is 501 g/mol. The van der Waals surface area contributed by atoms with Crippen molar-refractivity contribution < 1.29 is 4.57 Å². The molecule has 0 saturated heterocycles. The Morgan fingerprint density at radius 3 is 1.84 bits per heavy atom. The summed E-state index contributed by atoms with van der Waals surface area (Å²) in [6.45, 7) is 13.9. The molecular weight excluding hydrogens is 462 g/mol. The molecular formula is C35H38NSi+. The first-order valence-electron chi connectivity index (χ1n) is 13.3. The fraction of sp³-hybridized carbons (Fsp3) is 0.229. The summed E-state index contributed by atoms with van der Waals surface area (Å²) in [7, 11) is 0.00893. The van der Waals surface area contributed by atoms with Gasteiger partial charge in [0.25, 0.3) is 0 Å². The molecule has 0 N–H and O–H groups in total. The normalized spacial score (nSPS) is 12.2. The number of rotatable bonds is 4. The maximum atomic E-state index is 2.49. The standard InChI is InChI=1S/C35H38NSi/c1-25-22-28(35(3,4)5)24-33(26(25)2)34-32-19-18-31(23-27(32)20-21-36(34)6)37(7,29-14-10-8-11-15-29)30-16-12-9-13-17-30/h8-24H,1-7H3/q+1. The van der Waals surface area contributed by atoms with Gasteiger partial charge in [0.15, 0.2) is 6.20 Å². The average Bonchev–Trinajstić information content (AvgIpc) is 2.90. The van der Waals surface area contributed by atoms with Crippen molar-refractivity contribution in [1.29, 1.82) is 0 Å². The lowest BCUT2D eigenvalue weighted by molar-refractivity contribution is -0.659. The van der Waals surface area contributed by atoms with Gasteiger partial charge in [-0.25, -0.2) is 4.57 Å². The Bertz CT molecular complexity index is 1540. The van der Waals surface area contributed by atoms with Crippen LogP contribution in [-0.4, -0.2) is 8.07 Å². The SMILES string of the molecule is Cc1cc(C(C)(C)C)cc(-c2c3ccc([Si](C)(c4ccccc4)c4ccccc4)cc3cc[n+]2C)c1C. The molecule has 1 nitrogen and oxygen atoms in total. The summed E-state index contributed by atoms with van der Waals surface area (Å²) in [6, 6.07) is 36.5. The Morgan fingerprint density at radius 1 is 0.676 bits per heavy atom. The van der Waals surface area contributed by atoms with Crippen LogP contribution in [0.2, 0.25) is 6.55 Å². The number of hydrogen-bond acceptors (Lipinski definition) is 0. The Hall–Kier alpha value is -3.49. The second-order valence-electron chi connectivity index (χ2n) is 11.7. The predicted molar refractivity (Wildman–Crippen MR) is 162 cm³/mol. The highest BCUT2D eigenvalue weighted by Crippen LogP contribution is 2.34. The van der Waals surface area contributed by atoms with Gasteiger partial charge in [-0.2, -0.15) is 0 Å². The van der Waals surface area contributed by atoms with Gasteiger partial charge in [-0.1, -0.05) is 106 Å². The molecule has 37 heavy (non-hydrogen) atoms. The van der Waals surface area contributed by atoms with E-state index in [2.05, 4.69) is 156 Å². The van der Waals surface area contributed by atoms with Gasteiger partial charge in [-0.05, 0) is 69.0 Å². The molecule has 0 bridgehead atoms. The van der Waals surface area contributed by atoms with Gasteiger partial charge in [0.05, 0.1) is 10.9 Å². The van der Waals surface area contributed by atoms with Crippen LogP contribution >= 0.6 is 0 Å². The molecule has 1 aromatic heterocycles. The molecule has 0 aliphatic carbocycles. The van der Waals surface area contributed by atoms with Crippen molar-refractivity contribution in [3.63, 3.8) is 0 Å². The van der Waals surface area contributed by atoms with Crippen molar-refractivity contribution in [2.45, 2.75) is 46.6 Å². The third-order valence-corrected chi connectivity index (χ3v) is 12.6. The number of hydrogen-bond donors (Lipinski definition) is 0. The molecule has 0 spiro atoms. The minimum absolute atomic E-state index is 0.0995. The van der Waals surface area contributed by atoms with Gasteiger partial charge < -0.3 is 0 Å². The molecule has 0 saturated carbocycles. The van der Waals surface area contributed by atoms with Gasteiger partial charge in [-0.15, -0.1) is 0 Å². The van der Waals surface area contributed by atoms with E-state index in [0.29, 0.717) is 0 Å².